The summed E-state index contributed by atoms with van der Waals surface area (Å²) in [4.78, 5) is 11.8. The molecule has 1 aliphatic rings. The number of halogens is 1. The van der Waals surface area contributed by atoms with E-state index in [4.69, 9.17) is 11.6 Å². The molecule has 0 bridgehead atoms. The highest BCUT2D eigenvalue weighted by atomic mass is 35.5. The molecule has 0 atom stereocenters. The van der Waals surface area contributed by atoms with E-state index in [9.17, 15) is 4.79 Å². The van der Waals surface area contributed by atoms with Crippen LogP contribution in [-0.4, -0.2) is 23.7 Å². The van der Waals surface area contributed by atoms with Crippen molar-refractivity contribution >= 4 is 23.7 Å². The Morgan fingerprint density at radius 3 is 3.06 bits per heavy atom. The predicted octanol–water partition coefficient (Wildman–Crippen LogP) is 2.49. The summed E-state index contributed by atoms with van der Waals surface area (Å²) in [5.41, 5.74) is 0.929. The molecule has 0 radical (unpaired) electrons. The van der Waals surface area contributed by atoms with Crippen LogP contribution in [0.5, 0.6) is 0 Å². The van der Waals surface area contributed by atoms with Crippen molar-refractivity contribution in [2.24, 2.45) is 5.10 Å². The van der Waals surface area contributed by atoms with Crippen molar-refractivity contribution in [2.45, 2.75) is 19.3 Å². The first kappa shape index (κ1) is 11.1. The lowest BCUT2D eigenvalue weighted by atomic mass is 10.1. The van der Waals surface area contributed by atoms with Crippen molar-refractivity contribution in [3.05, 3.63) is 34.9 Å². The second-order valence-corrected chi connectivity index (χ2v) is 4.20. The van der Waals surface area contributed by atoms with Crippen molar-refractivity contribution in [1.29, 1.82) is 0 Å². The summed E-state index contributed by atoms with van der Waals surface area (Å²) >= 11 is 5.86. The summed E-state index contributed by atoms with van der Waals surface area (Å²) in [6, 6.07) is 7.36. The van der Waals surface area contributed by atoms with E-state index in [1.165, 1.54) is 5.01 Å². The smallest absolute Gasteiger partial charge is 0.247 e. The number of carbonyl (C=O) groups is 1. The number of carbonyl (C=O) groups excluding carboxylic acids is 1. The van der Waals surface area contributed by atoms with Gasteiger partial charge in [0.25, 0.3) is 0 Å². The Hall–Kier alpha value is -1.35. The molecule has 0 unspecified atom stereocenters. The normalized spacial score (nSPS) is 15.2. The minimum Gasteiger partial charge on any atom is -0.273 e. The van der Waals surface area contributed by atoms with Crippen LogP contribution in [0.2, 0.25) is 5.02 Å². The molecule has 1 aromatic rings. The van der Waals surface area contributed by atoms with E-state index in [1.54, 1.807) is 12.3 Å². The molecule has 0 aromatic heterocycles. The molecule has 1 heterocycles. The minimum absolute atomic E-state index is 0.0261. The summed E-state index contributed by atoms with van der Waals surface area (Å²) in [6.45, 7) is 0.718. The number of benzene rings is 1. The topological polar surface area (TPSA) is 32.7 Å². The molecule has 0 N–H and O–H groups in total. The van der Waals surface area contributed by atoms with E-state index in [2.05, 4.69) is 5.10 Å². The van der Waals surface area contributed by atoms with E-state index in [1.807, 2.05) is 18.2 Å². The average Bonchev–Trinajstić information content (AvgIpc) is 2.30. The van der Waals surface area contributed by atoms with Crippen LogP contribution in [0.4, 0.5) is 0 Å². The molecule has 0 saturated heterocycles. The zero-order chi connectivity index (χ0) is 11.4. The molecule has 3 nitrogen and oxygen atoms in total. The van der Waals surface area contributed by atoms with Crippen LogP contribution in [0.1, 0.15) is 18.4 Å². The molecular formula is C12H13ClN2O. The highest BCUT2D eigenvalue weighted by molar-refractivity contribution is 6.30. The average molecular weight is 237 g/mol. The Morgan fingerprint density at radius 1 is 1.50 bits per heavy atom. The van der Waals surface area contributed by atoms with Gasteiger partial charge in [0.05, 0.1) is 6.42 Å². The van der Waals surface area contributed by atoms with Crippen molar-refractivity contribution in [2.75, 3.05) is 6.54 Å². The van der Waals surface area contributed by atoms with Gasteiger partial charge < -0.3 is 0 Å². The van der Waals surface area contributed by atoms with Crippen LogP contribution < -0.4 is 0 Å². The second-order valence-electron chi connectivity index (χ2n) is 3.76. The van der Waals surface area contributed by atoms with Gasteiger partial charge in [-0.1, -0.05) is 23.7 Å². The Balaban J connectivity index is 2.01. The van der Waals surface area contributed by atoms with Gasteiger partial charge in [-0.15, -0.1) is 0 Å². The lowest BCUT2D eigenvalue weighted by Gasteiger charge is -2.19. The zero-order valence-electron chi connectivity index (χ0n) is 8.90. The summed E-state index contributed by atoms with van der Waals surface area (Å²) in [6.07, 6.45) is 4.10. The first-order chi connectivity index (χ1) is 7.75. The lowest BCUT2D eigenvalue weighted by Crippen LogP contribution is -2.30. The summed E-state index contributed by atoms with van der Waals surface area (Å²) in [7, 11) is 0. The second kappa shape index (κ2) is 5.12. The summed E-state index contributed by atoms with van der Waals surface area (Å²) in [5, 5.41) is 6.27. The quantitative estimate of drug-likeness (QED) is 0.777. The van der Waals surface area contributed by atoms with E-state index in [0.717, 1.165) is 24.9 Å². The van der Waals surface area contributed by atoms with E-state index in [0.29, 0.717) is 11.4 Å². The number of nitrogens with zero attached hydrogens (tertiary/aromatic N) is 2. The van der Waals surface area contributed by atoms with Crippen LogP contribution >= 0.6 is 11.6 Å². The van der Waals surface area contributed by atoms with Crippen LogP contribution in [0.25, 0.3) is 0 Å². The first-order valence-electron chi connectivity index (χ1n) is 5.33. The molecule has 1 aliphatic heterocycles. The fourth-order valence-electron chi connectivity index (χ4n) is 1.65. The number of amides is 1. The Morgan fingerprint density at radius 2 is 2.38 bits per heavy atom. The Labute approximate surface area is 99.7 Å². The van der Waals surface area contributed by atoms with E-state index in [-0.39, 0.29) is 5.91 Å². The van der Waals surface area contributed by atoms with Crippen molar-refractivity contribution in [3.63, 3.8) is 0 Å². The molecule has 16 heavy (non-hydrogen) atoms. The first-order valence-corrected chi connectivity index (χ1v) is 5.71. The van der Waals surface area contributed by atoms with E-state index < -0.39 is 0 Å². The molecule has 0 spiro atoms. The van der Waals surface area contributed by atoms with Gasteiger partial charge in [0.2, 0.25) is 5.91 Å². The molecule has 0 aliphatic carbocycles. The predicted molar refractivity (Wildman–Crippen MR) is 64.6 cm³/mol. The number of hydrazone groups is 1. The summed E-state index contributed by atoms with van der Waals surface area (Å²) in [5.74, 6) is 0.0261. The van der Waals surface area contributed by atoms with Gasteiger partial charge in [-0.05, 0) is 30.5 Å². The molecule has 0 fully saturated rings. The maximum absolute atomic E-state index is 11.8. The molecular weight excluding hydrogens is 224 g/mol. The zero-order valence-corrected chi connectivity index (χ0v) is 9.65. The van der Waals surface area contributed by atoms with Crippen LogP contribution in [0.15, 0.2) is 29.4 Å². The minimum atomic E-state index is 0.0261. The SMILES string of the molecule is O=C(Cc1cccc(Cl)c1)N1CCCC=N1. The third kappa shape index (κ3) is 2.83. The van der Waals surface area contributed by atoms with Gasteiger partial charge in [-0.2, -0.15) is 5.10 Å². The lowest BCUT2D eigenvalue weighted by molar-refractivity contribution is -0.130. The van der Waals surface area contributed by atoms with Crippen LogP contribution in [0.3, 0.4) is 0 Å². The largest absolute Gasteiger partial charge is 0.273 e. The molecule has 1 aromatic carbocycles. The fraction of sp³-hybridized carbons (Fsp3) is 0.333. The van der Waals surface area contributed by atoms with Crippen LogP contribution in [0, 0.1) is 0 Å². The Bertz CT molecular complexity index is 417. The van der Waals surface area contributed by atoms with Gasteiger partial charge in [0.15, 0.2) is 0 Å². The van der Waals surface area contributed by atoms with Crippen molar-refractivity contribution < 1.29 is 4.79 Å². The van der Waals surface area contributed by atoms with Crippen LogP contribution in [-0.2, 0) is 11.2 Å². The molecule has 84 valence electrons. The van der Waals surface area contributed by atoms with Gasteiger partial charge >= 0.3 is 0 Å². The van der Waals surface area contributed by atoms with Crippen molar-refractivity contribution in [1.82, 2.24) is 5.01 Å². The monoisotopic (exact) mass is 236 g/mol. The highest BCUT2D eigenvalue weighted by Crippen LogP contribution is 2.13. The van der Waals surface area contributed by atoms with Crippen molar-refractivity contribution in [3.8, 4) is 0 Å². The molecule has 4 heteroatoms. The Kier molecular flexibility index (Phi) is 3.57. The molecule has 0 saturated carbocycles. The van der Waals surface area contributed by atoms with Gasteiger partial charge in [-0.25, -0.2) is 5.01 Å². The van der Waals surface area contributed by atoms with Gasteiger partial charge in [-0.3, -0.25) is 4.79 Å². The highest BCUT2D eigenvalue weighted by Gasteiger charge is 2.14. The molecule has 1 amide bonds. The third-order valence-electron chi connectivity index (χ3n) is 2.46. The van der Waals surface area contributed by atoms with E-state index >= 15 is 0 Å². The standard InChI is InChI=1S/C12H13ClN2O/c13-11-5-3-4-10(8-11)9-12(16)15-7-2-1-6-14-15/h3-6,8H,1-2,7,9H2. The number of rotatable bonds is 2. The maximum Gasteiger partial charge on any atom is 0.247 e. The molecule has 2 rings (SSSR count). The number of hydrogen-bond donors (Lipinski definition) is 0. The van der Waals surface area contributed by atoms with Gasteiger partial charge in [0.1, 0.15) is 0 Å². The number of hydrogen-bond acceptors (Lipinski definition) is 2. The summed E-state index contributed by atoms with van der Waals surface area (Å²) < 4.78 is 0. The van der Waals surface area contributed by atoms with Gasteiger partial charge in [0, 0.05) is 17.8 Å². The third-order valence-corrected chi connectivity index (χ3v) is 2.69. The maximum atomic E-state index is 11.8. The fourth-order valence-corrected chi connectivity index (χ4v) is 1.86.